The summed E-state index contributed by atoms with van der Waals surface area (Å²) in [6.45, 7) is 8.75. The number of carbonyl (C=O) groups is 3. The molecule has 0 spiro atoms. The van der Waals surface area contributed by atoms with E-state index in [2.05, 4.69) is 11.9 Å². The van der Waals surface area contributed by atoms with E-state index in [-0.39, 0.29) is 34.5 Å². The number of aromatic amines is 1. The quantitative estimate of drug-likeness (QED) is 0.786. The Morgan fingerprint density at radius 2 is 1.74 bits per heavy atom. The van der Waals surface area contributed by atoms with Crippen molar-refractivity contribution in [3.63, 3.8) is 0 Å². The Morgan fingerprint density at radius 1 is 1.03 bits per heavy atom. The Kier molecular flexibility index (Phi) is 5.79. The number of pyridine rings is 1. The van der Waals surface area contributed by atoms with Crippen LogP contribution in [0.2, 0.25) is 0 Å². The smallest absolute Gasteiger partial charge is 0.261 e. The molecule has 3 aliphatic rings. The minimum absolute atomic E-state index is 0.0291. The molecule has 7 nitrogen and oxygen atoms in total. The predicted molar refractivity (Wildman–Crippen MR) is 117 cm³/mol. The van der Waals surface area contributed by atoms with Crippen molar-refractivity contribution in [2.45, 2.75) is 59.3 Å². The van der Waals surface area contributed by atoms with E-state index < -0.39 is 5.56 Å². The number of H-pyrrole nitrogens is 1. The molecule has 1 aromatic heterocycles. The maximum Gasteiger partial charge on any atom is 0.261 e. The molecule has 7 heteroatoms. The second kappa shape index (κ2) is 8.24. The van der Waals surface area contributed by atoms with E-state index in [0.717, 1.165) is 19.5 Å². The minimum Gasteiger partial charge on any atom is -0.342 e. The number of nitrogens with zero attached hydrogens (tertiary/aromatic N) is 2. The third kappa shape index (κ3) is 4.46. The van der Waals surface area contributed by atoms with E-state index in [1.165, 1.54) is 12.5 Å². The number of aromatic nitrogens is 1. The lowest BCUT2D eigenvalue weighted by molar-refractivity contribution is -0.138. The molecule has 2 aliphatic heterocycles. The molecule has 0 radical (unpaired) electrons. The van der Waals surface area contributed by atoms with Gasteiger partial charge in [-0.3, -0.25) is 19.2 Å². The third-order valence-electron chi connectivity index (χ3n) is 7.05. The largest absolute Gasteiger partial charge is 0.342 e. The van der Waals surface area contributed by atoms with Crippen LogP contribution >= 0.6 is 0 Å². The predicted octanol–water partition coefficient (Wildman–Crippen LogP) is 2.64. The van der Waals surface area contributed by atoms with E-state index in [1.54, 1.807) is 4.90 Å². The van der Waals surface area contributed by atoms with Crippen LogP contribution in [0.3, 0.4) is 0 Å². The number of nitrogens with one attached hydrogen (secondary N) is 1. The molecule has 0 bridgehead atoms. The van der Waals surface area contributed by atoms with E-state index in [1.807, 2.05) is 18.7 Å². The van der Waals surface area contributed by atoms with Gasteiger partial charge in [0.2, 0.25) is 5.91 Å². The van der Waals surface area contributed by atoms with Crippen LogP contribution in [0.1, 0.15) is 79.3 Å². The molecule has 1 atom stereocenters. The summed E-state index contributed by atoms with van der Waals surface area (Å²) in [7, 11) is 0. The Hall–Kier alpha value is -2.44. The summed E-state index contributed by atoms with van der Waals surface area (Å²) in [5.41, 5.74) is 0.490. The highest BCUT2D eigenvalue weighted by Crippen LogP contribution is 2.33. The highest BCUT2D eigenvalue weighted by atomic mass is 16.2. The second-order valence-electron chi connectivity index (χ2n) is 10.4. The summed E-state index contributed by atoms with van der Waals surface area (Å²) in [5, 5.41) is 0. The molecule has 1 aromatic rings. The molecule has 31 heavy (non-hydrogen) atoms. The van der Waals surface area contributed by atoms with Gasteiger partial charge in [-0.15, -0.1) is 0 Å². The minimum atomic E-state index is -0.435. The lowest BCUT2D eigenvalue weighted by Crippen LogP contribution is -2.47. The van der Waals surface area contributed by atoms with E-state index in [9.17, 15) is 19.2 Å². The van der Waals surface area contributed by atoms with Crippen molar-refractivity contribution in [1.29, 1.82) is 0 Å². The summed E-state index contributed by atoms with van der Waals surface area (Å²) in [6.07, 6.45) is 4.48. The first-order valence-electron chi connectivity index (χ1n) is 11.5. The summed E-state index contributed by atoms with van der Waals surface area (Å²) >= 11 is 0. The number of likely N-dealkylation sites (tertiary alicyclic amines) is 2. The van der Waals surface area contributed by atoms with Gasteiger partial charge in [-0.25, -0.2) is 0 Å². The van der Waals surface area contributed by atoms with Gasteiger partial charge in [0, 0.05) is 49.8 Å². The fourth-order valence-corrected chi connectivity index (χ4v) is 5.33. The van der Waals surface area contributed by atoms with Gasteiger partial charge >= 0.3 is 0 Å². The number of ketones is 1. The van der Waals surface area contributed by atoms with Gasteiger partial charge in [0.15, 0.2) is 5.78 Å². The zero-order valence-electron chi connectivity index (χ0n) is 18.8. The molecule has 0 saturated carbocycles. The van der Waals surface area contributed by atoms with Crippen molar-refractivity contribution in [2.24, 2.45) is 17.3 Å². The molecule has 168 valence electrons. The number of rotatable bonds is 2. The summed E-state index contributed by atoms with van der Waals surface area (Å²) < 4.78 is 0. The van der Waals surface area contributed by atoms with Crippen LogP contribution in [0.15, 0.2) is 10.9 Å². The highest BCUT2D eigenvalue weighted by Gasteiger charge is 2.35. The number of Topliss-reactive ketones (excluding diaryl/α,β-unsaturated/α-hetero) is 1. The third-order valence-corrected chi connectivity index (χ3v) is 7.05. The van der Waals surface area contributed by atoms with Crippen LogP contribution in [0.4, 0.5) is 0 Å². The first kappa shape index (κ1) is 21.8. The van der Waals surface area contributed by atoms with Crippen molar-refractivity contribution in [3.05, 3.63) is 33.2 Å². The zero-order valence-corrected chi connectivity index (χ0v) is 18.8. The molecule has 2 fully saturated rings. The fraction of sp³-hybridized carbons (Fsp3) is 0.667. The van der Waals surface area contributed by atoms with Crippen molar-refractivity contribution < 1.29 is 14.4 Å². The first-order valence-corrected chi connectivity index (χ1v) is 11.5. The molecule has 1 unspecified atom stereocenters. The SMILES string of the molecule is CC1CCCN(C(=O)C2CCN(C(=O)c3cc4c([nH]c3=O)CC(C)(C)CC4=O)CC2)C1. The summed E-state index contributed by atoms with van der Waals surface area (Å²) in [4.78, 5) is 57.6. The number of piperidine rings is 2. The number of fused-ring (bicyclic) bond motifs is 1. The van der Waals surface area contributed by atoms with Gasteiger partial charge in [-0.1, -0.05) is 20.8 Å². The molecular formula is C24H33N3O4. The van der Waals surface area contributed by atoms with Crippen molar-refractivity contribution in [2.75, 3.05) is 26.2 Å². The lowest BCUT2D eigenvalue weighted by Gasteiger charge is -2.37. The summed E-state index contributed by atoms with van der Waals surface area (Å²) in [6, 6.07) is 1.49. The lowest BCUT2D eigenvalue weighted by atomic mass is 9.75. The van der Waals surface area contributed by atoms with E-state index in [4.69, 9.17) is 0 Å². The number of amides is 2. The van der Waals surface area contributed by atoms with Crippen LogP contribution in [-0.2, 0) is 11.2 Å². The summed E-state index contributed by atoms with van der Waals surface area (Å²) in [5.74, 6) is 0.317. The van der Waals surface area contributed by atoms with Crippen LogP contribution in [0.5, 0.6) is 0 Å². The number of hydrogen-bond donors (Lipinski definition) is 1. The van der Waals surface area contributed by atoms with Gasteiger partial charge < -0.3 is 14.8 Å². The Labute approximate surface area is 183 Å². The second-order valence-corrected chi connectivity index (χ2v) is 10.4. The van der Waals surface area contributed by atoms with Gasteiger partial charge in [0.05, 0.1) is 0 Å². The van der Waals surface area contributed by atoms with Crippen molar-refractivity contribution in [3.8, 4) is 0 Å². The first-order chi connectivity index (χ1) is 14.6. The van der Waals surface area contributed by atoms with E-state index in [0.29, 0.717) is 55.9 Å². The van der Waals surface area contributed by atoms with Gasteiger partial charge in [-0.2, -0.15) is 0 Å². The Bertz CT molecular complexity index is 956. The average molecular weight is 428 g/mol. The standard InChI is InChI=1S/C24H33N3O4/c1-15-5-4-8-27(14-15)22(30)16-6-9-26(10-7-16)23(31)18-11-17-19(25-21(18)29)12-24(2,3)13-20(17)28/h11,15-16H,4-10,12-14H2,1-3H3,(H,25,29). The Balaban J connectivity index is 1.43. The van der Waals surface area contributed by atoms with Gasteiger partial charge in [0.1, 0.15) is 5.56 Å². The average Bonchev–Trinajstić information content (AvgIpc) is 2.71. The molecule has 0 aromatic carbocycles. The molecule has 2 saturated heterocycles. The normalized spacial score (nSPS) is 24.1. The van der Waals surface area contributed by atoms with Crippen LogP contribution in [0, 0.1) is 17.3 Å². The molecular weight excluding hydrogens is 394 g/mol. The molecule has 1 N–H and O–H groups in total. The van der Waals surface area contributed by atoms with Crippen molar-refractivity contribution in [1.82, 2.24) is 14.8 Å². The molecule has 1 aliphatic carbocycles. The zero-order chi connectivity index (χ0) is 22.3. The van der Waals surface area contributed by atoms with Crippen LogP contribution < -0.4 is 5.56 Å². The molecule has 4 rings (SSSR count). The van der Waals surface area contributed by atoms with Gasteiger partial charge in [-0.05, 0) is 49.5 Å². The maximum atomic E-state index is 13.1. The number of hydrogen-bond acceptors (Lipinski definition) is 4. The maximum absolute atomic E-state index is 13.1. The van der Waals surface area contributed by atoms with Crippen molar-refractivity contribution >= 4 is 17.6 Å². The topological polar surface area (TPSA) is 90.6 Å². The Morgan fingerprint density at radius 3 is 2.42 bits per heavy atom. The van der Waals surface area contributed by atoms with E-state index >= 15 is 0 Å². The molecule has 2 amide bonds. The monoisotopic (exact) mass is 427 g/mol. The van der Waals surface area contributed by atoms with Crippen LogP contribution in [0.25, 0.3) is 0 Å². The fourth-order valence-electron chi connectivity index (χ4n) is 5.33. The van der Waals surface area contributed by atoms with Gasteiger partial charge in [0.25, 0.3) is 11.5 Å². The van der Waals surface area contributed by atoms with Crippen LogP contribution in [-0.4, -0.2) is 58.6 Å². The highest BCUT2D eigenvalue weighted by molar-refractivity contribution is 6.02. The number of carbonyl (C=O) groups excluding carboxylic acids is 3. The molecule has 3 heterocycles.